The first-order valence-electron chi connectivity index (χ1n) is 7.64. The lowest BCUT2D eigenvalue weighted by Gasteiger charge is -2.14. The van der Waals surface area contributed by atoms with Crippen LogP contribution in [0.1, 0.15) is 48.4 Å². The van der Waals surface area contributed by atoms with Crippen molar-refractivity contribution in [2.45, 2.75) is 39.8 Å². The van der Waals surface area contributed by atoms with Gasteiger partial charge in [-0.3, -0.25) is 4.79 Å². The predicted octanol–water partition coefficient (Wildman–Crippen LogP) is 2.63. The van der Waals surface area contributed by atoms with Crippen LogP contribution in [0.4, 0.5) is 0 Å². The maximum absolute atomic E-state index is 12.4. The van der Waals surface area contributed by atoms with Gasteiger partial charge in [0.2, 0.25) is 0 Å². The zero-order chi connectivity index (χ0) is 16.4. The van der Waals surface area contributed by atoms with Crippen LogP contribution in [0.25, 0.3) is 11.1 Å². The largest absolute Gasteiger partial charge is 0.441 e. The molecule has 2 heterocycles. The average Bonchev–Trinajstić information content (AvgIpc) is 3.11. The van der Waals surface area contributed by atoms with Crippen molar-refractivity contribution < 1.29 is 9.21 Å². The number of benzene rings is 1. The van der Waals surface area contributed by atoms with Crippen LogP contribution in [-0.2, 0) is 6.54 Å². The highest BCUT2D eigenvalue weighted by atomic mass is 16.3. The van der Waals surface area contributed by atoms with E-state index in [1.54, 1.807) is 25.1 Å². The smallest absolute Gasteiger partial charge is 0.251 e. The molecule has 0 saturated heterocycles. The number of carbonyl (C=O) groups is 1. The van der Waals surface area contributed by atoms with Crippen LogP contribution in [0.15, 0.2) is 28.9 Å². The number of hydrogen-bond donors (Lipinski definition) is 1. The molecule has 1 aromatic carbocycles. The topological polar surface area (TPSA) is 85.8 Å². The third kappa shape index (κ3) is 3.08. The van der Waals surface area contributed by atoms with E-state index in [4.69, 9.17) is 4.42 Å². The Kier molecular flexibility index (Phi) is 4.10. The summed E-state index contributed by atoms with van der Waals surface area (Å²) in [5.41, 5.74) is 1.88. The summed E-state index contributed by atoms with van der Waals surface area (Å²) in [5, 5.41) is 7.13. The first-order chi connectivity index (χ1) is 11.1. The number of rotatable bonds is 5. The first-order valence-corrected chi connectivity index (χ1v) is 7.64. The predicted molar refractivity (Wildman–Crippen MR) is 84.9 cm³/mol. The summed E-state index contributed by atoms with van der Waals surface area (Å²) in [6.07, 6.45) is 2.47. The Morgan fingerprint density at radius 1 is 1.43 bits per heavy atom. The molecule has 3 aromatic rings. The number of hydrogen-bond acceptors (Lipinski definition) is 5. The van der Waals surface area contributed by atoms with Crippen LogP contribution in [0.2, 0.25) is 0 Å². The number of carbonyl (C=O) groups excluding carboxylic acids is 1. The number of aromatic nitrogens is 4. The molecule has 0 radical (unpaired) electrons. The zero-order valence-electron chi connectivity index (χ0n) is 13.4. The second kappa shape index (κ2) is 6.20. The molecule has 3 rings (SSSR count). The summed E-state index contributed by atoms with van der Waals surface area (Å²) in [6.45, 7) is 6.52. The Morgan fingerprint density at radius 3 is 3.04 bits per heavy atom. The van der Waals surface area contributed by atoms with Gasteiger partial charge in [0.1, 0.15) is 17.7 Å². The van der Waals surface area contributed by atoms with Crippen molar-refractivity contribution in [1.29, 1.82) is 0 Å². The van der Waals surface area contributed by atoms with Crippen LogP contribution in [0.5, 0.6) is 0 Å². The highest BCUT2D eigenvalue weighted by Gasteiger charge is 2.17. The molecule has 2 aromatic heterocycles. The standard InChI is InChI=1S/C16H19N5O2/c1-4-7-21-15(17-9-18-21)10(2)19-16(22)12-5-6-13-14(8-12)23-11(3)20-13/h5-6,8-10H,4,7H2,1-3H3,(H,19,22). The van der Waals surface area contributed by atoms with Gasteiger partial charge in [-0.05, 0) is 31.5 Å². The second-order valence-electron chi connectivity index (χ2n) is 5.45. The Labute approximate surface area is 133 Å². The van der Waals surface area contributed by atoms with Crippen LogP contribution < -0.4 is 5.32 Å². The van der Waals surface area contributed by atoms with Gasteiger partial charge in [-0.15, -0.1) is 0 Å². The van der Waals surface area contributed by atoms with Crippen molar-refractivity contribution in [3.05, 3.63) is 41.8 Å². The van der Waals surface area contributed by atoms with E-state index >= 15 is 0 Å². The number of oxazole rings is 1. The molecule has 0 aliphatic rings. The zero-order valence-corrected chi connectivity index (χ0v) is 13.4. The van der Waals surface area contributed by atoms with Gasteiger partial charge in [0.15, 0.2) is 11.5 Å². The molecule has 7 heteroatoms. The molecule has 0 spiro atoms. The minimum Gasteiger partial charge on any atom is -0.441 e. The fourth-order valence-electron chi connectivity index (χ4n) is 2.52. The summed E-state index contributed by atoms with van der Waals surface area (Å²) in [4.78, 5) is 20.9. The lowest BCUT2D eigenvalue weighted by molar-refractivity contribution is 0.0937. The van der Waals surface area contributed by atoms with E-state index in [0.717, 1.165) is 24.3 Å². The molecule has 7 nitrogen and oxygen atoms in total. The summed E-state index contributed by atoms with van der Waals surface area (Å²) in [6, 6.07) is 4.99. The van der Waals surface area contributed by atoms with Crippen molar-refractivity contribution in [3.8, 4) is 0 Å². The SMILES string of the molecule is CCCn1ncnc1C(C)NC(=O)c1ccc2nc(C)oc2c1. The van der Waals surface area contributed by atoms with Gasteiger partial charge in [-0.2, -0.15) is 5.10 Å². The van der Waals surface area contributed by atoms with Crippen molar-refractivity contribution in [3.63, 3.8) is 0 Å². The molecular formula is C16H19N5O2. The molecule has 1 N–H and O–H groups in total. The Hall–Kier alpha value is -2.70. The number of nitrogens with one attached hydrogen (secondary N) is 1. The van der Waals surface area contributed by atoms with E-state index in [9.17, 15) is 4.79 Å². The van der Waals surface area contributed by atoms with Gasteiger partial charge in [0.25, 0.3) is 5.91 Å². The highest BCUT2D eigenvalue weighted by molar-refractivity contribution is 5.97. The van der Waals surface area contributed by atoms with Gasteiger partial charge in [-0.1, -0.05) is 6.92 Å². The second-order valence-corrected chi connectivity index (χ2v) is 5.45. The monoisotopic (exact) mass is 313 g/mol. The number of fused-ring (bicyclic) bond motifs is 1. The van der Waals surface area contributed by atoms with E-state index in [1.807, 2.05) is 11.6 Å². The molecule has 0 aliphatic carbocycles. The quantitative estimate of drug-likeness (QED) is 0.782. The van der Waals surface area contributed by atoms with Crippen molar-refractivity contribution in [2.75, 3.05) is 0 Å². The molecule has 120 valence electrons. The summed E-state index contributed by atoms with van der Waals surface area (Å²) in [7, 11) is 0. The van der Waals surface area contributed by atoms with Crippen LogP contribution in [-0.4, -0.2) is 25.7 Å². The third-order valence-corrected chi connectivity index (χ3v) is 3.57. The van der Waals surface area contributed by atoms with E-state index in [2.05, 4.69) is 27.3 Å². The van der Waals surface area contributed by atoms with Crippen LogP contribution in [0.3, 0.4) is 0 Å². The average molecular weight is 313 g/mol. The molecule has 23 heavy (non-hydrogen) atoms. The molecular weight excluding hydrogens is 294 g/mol. The maximum Gasteiger partial charge on any atom is 0.251 e. The van der Waals surface area contributed by atoms with Crippen LogP contribution >= 0.6 is 0 Å². The lowest BCUT2D eigenvalue weighted by atomic mass is 10.2. The van der Waals surface area contributed by atoms with Gasteiger partial charge < -0.3 is 9.73 Å². The molecule has 0 bridgehead atoms. The van der Waals surface area contributed by atoms with E-state index < -0.39 is 0 Å². The highest BCUT2D eigenvalue weighted by Crippen LogP contribution is 2.18. The van der Waals surface area contributed by atoms with Crippen molar-refractivity contribution >= 4 is 17.0 Å². The minimum absolute atomic E-state index is 0.181. The summed E-state index contributed by atoms with van der Waals surface area (Å²) < 4.78 is 7.28. The summed E-state index contributed by atoms with van der Waals surface area (Å²) in [5.74, 6) is 1.15. The lowest BCUT2D eigenvalue weighted by Crippen LogP contribution is -2.29. The molecule has 1 amide bonds. The minimum atomic E-state index is -0.233. The number of amides is 1. The fourth-order valence-corrected chi connectivity index (χ4v) is 2.52. The van der Waals surface area contributed by atoms with Gasteiger partial charge in [0.05, 0.1) is 6.04 Å². The number of nitrogens with zero attached hydrogens (tertiary/aromatic N) is 4. The van der Waals surface area contributed by atoms with E-state index in [0.29, 0.717) is 17.0 Å². The molecule has 0 fully saturated rings. The van der Waals surface area contributed by atoms with Crippen LogP contribution in [0, 0.1) is 6.92 Å². The first kappa shape index (κ1) is 15.2. The third-order valence-electron chi connectivity index (χ3n) is 3.57. The van der Waals surface area contributed by atoms with E-state index in [1.165, 1.54) is 6.33 Å². The van der Waals surface area contributed by atoms with Gasteiger partial charge in [0, 0.05) is 19.0 Å². The fraction of sp³-hybridized carbons (Fsp3) is 0.375. The molecule has 1 unspecified atom stereocenters. The normalized spacial score (nSPS) is 12.5. The molecule has 1 atom stereocenters. The Morgan fingerprint density at radius 2 is 2.26 bits per heavy atom. The van der Waals surface area contributed by atoms with Gasteiger partial charge >= 0.3 is 0 Å². The Bertz CT molecular complexity index is 836. The molecule has 0 saturated carbocycles. The van der Waals surface area contributed by atoms with E-state index in [-0.39, 0.29) is 11.9 Å². The van der Waals surface area contributed by atoms with Gasteiger partial charge in [-0.25, -0.2) is 14.6 Å². The van der Waals surface area contributed by atoms with Crippen molar-refractivity contribution in [1.82, 2.24) is 25.1 Å². The maximum atomic E-state index is 12.4. The van der Waals surface area contributed by atoms with Crippen molar-refractivity contribution in [2.24, 2.45) is 0 Å². The summed E-state index contributed by atoms with van der Waals surface area (Å²) >= 11 is 0. The Balaban J connectivity index is 1.77. The molecule has 0 aliphatic heterocycles. The number of aryl methyl sites for hydroxylation is 2.